The molecule has 7 nitrogen and oxygen atoms in total. The largest absolute Gasteiger partial charge is 0.497 e. The molecule has 0 aromatic heterocycles. The normalized spacial score (nSPS) is 20.0. The molecule has 0 radical (unpaired) electrons. The van der Waals surface area contributed by atoms with Crippen LogP contribution in [0.1, 0.15) is 15.9 Å². The minimum atomic E-state index is -5.11. The zero-order valence-corrected chi connectivity index (χ0v) is 14.1. The van der Waals surface area contributed by atoms with E-state index >= 15 is 0 Å². The summed E-state index contributed by atoms with van der Waals surface area (Å²) in [5.41, 5.74) is -1.45. The van der Waals surface area contributed by atoms with Crippen LogP contribution in [0.25, 0.3) is 6.08 Å². The summed E-state index contributed by atoms with van der Waals surface area (Å²) in [5.74, 6) is -4.69. The summed E-state index contributed by atoms with van der Waals surface area (Å²) < 4.78 is 57.3. The molecule has 2 aliphatic rings. The van der Waals surface area contributed by atoms with E-state index in [2.05, 4.69) is 0 Å². The number of Topliss-reactive ketones (excluding diaryl/α,β-unsaturated/α-hetero) is 1. The summed E-state index contributed by atoms with van der Waals surface area (Å²) in [7, 11) is 1.38. The Bertz CT molecular complexity index is 1060. The summed E-state index contributed by atoms with van der Waals surface area (Å²) in [6, 6.07) is 6.85. The maximum absolute atomic E-state index is 14.0. The number of hydrogen-bond donors (Lipinski definition) is 0. The Labute approximate surface area is 155 Å². The number of methoxy groups -OCH3 is 1. The smallest absolute Gasteiger partial charge is 0.473 e. The monoisotopic (exact) mass is 393 g/mol. The molecule has 2 aromatic carbocycles. The lowest BCUT2D eigenvalue weighted by molar-refractivity contribution is -0.385. The van der Waals surface area contributed by atoms with Crippen molar-refractivity contribution in [2.75, 3.05) is 7.11 Å². The van der Waals surface area contributed by atoms with E-state index in [1.807, 2.05) is 0 Å². The van der Waals surface area contributed by atoms with Crippen LogP contribution in [0.3, 0.4) is 0 Å². The fraction of sp³-hybridized carbons (Fsp3) is 0.167. The Kier molecular flexibility index (Phi) is 3.64. The van der Waals surface area contributed by atoms with Crippen molar-refractivity contribution in [3.63, 3.8) is 0 Å². The highest BCUT2D eigenvalue weighted by Crippen LogP contribution is 2.51. The molecule has 10 heteroatoms. The molecule has 4 rings (SSSR count). The topological polar surface area (TPSA) is 87.9 Å². The average molecular weight is 393 g/mol. The number of rotatable bonds is 2. The third-order valence-corrected chi connectivity index (χ3v) is 4.42. The molecule has 0 fully saturated rings. The molecular weight excluding hydrogens is 383 g/mol. The molecule has 2 aliphatic heterocycles. The minimum absolute atomic E-state index is 0.153. The van der Waals surface area contributed by atoms with Crippen molar-refractivity contribution in [1.29, 1.82) is 0 Å². The van der Waals surface area contributed by atoms with Crippen molar-refractivity contribution < 1.29 is 37.1 Å². The number of halogens is 3. The Hall–Kier alpha value is -3.56. The highest BCUT2D eigenvalue weighted by atomic mass is 19.4. The predicted octanol–water partition coefficient (Wildman–Crippen LogP) is 3.91. The van der Waals surface area contributed by atoms with Crippen molar-refractivity contribution in [3.05, 3.63) is 63.2 Å². The number of carbonyl (C=O) groups excluding carboxylic acids is 1. The van der Waals surface area contributed by atoms with Gasteiger partial charge in [-0.15, -0.1) is 0 Å². The third kappa shape index (κ3) is 2.41. The summed E-state index contributed by atoms with van der Waals surface area (Å²) >= 11 is 0. The van der Waals surface area contributed by atoms with Gasteiger partial charge in [0.2, 0.25) is 5.78 Å². The number of ketones is 1. The first-order valence-corrected chi connectivity index (χ1v) is 7.84. The Morgan fingerprint density at radius 2 is 1.79 bits per heavy atom. The molecular formula is C18H10F3NO6. The van der Waals surface area contributed by atoms with Crippen LogP contribution < -0.4 is 14.2 Å². The van der Waals surface area contributed by atoms with E-state index < -0.39 is 39.7 Å². The molecule has 144 valence electrons. The Balaban J connectivity index is 1.95. The maximum Gasteiger partial charge on any atom is 0.473 e. The molecule has 0 aliphatic carbocycles. The minimum Gasteiger partial charge on any atom is -0.497 e. The number of nitrogens with zero attached hydrogens (tertiary/aromatic N) is 1. The SMILES string of the molecule is COc1ccc2c(c1)C=C1C(=O)c3cc([N+](=O)[O-])ccc3OC1(C(F)(F)F)O2. The lowest BCUT2D eigenvalue weighted by Crippen LogP contribution is -2.60. The molecule has 0 bridgehead atoms. The Morgan fingerprint density at radius 3 is 2.43 bits per heavy atom. The molecule has 0 spiro atoms. The second-order valence-corrected chi connectivity index (χ2v) is 6.05. The summed E-state index contributed by atoms with van der Waals surface area (Å²) in [5, 5.41) is 11.0. The number of carbonyl (C=O) groups is 1. The lowest BCUT2D eigenvalue weighted by atomic mass is 9.88. The molecule has 0 saturated heterocycles. The van der Waals surface area contributed by atoms with Gasteiger partial charge in [0.05, 0.1) is 23.2 Å². The van der Waals surface area contributed by atoms with E-state index in [0.717, 1.165) is 24.3 Å². The van der Waals surface area contributed by atoms with Gasteiger partial charge in [0.25, 0.3) is 5.69 Å². The van der Waals surface area contributed by atoms with Gasteiger partial charge in [-0.1, -0.05) is 0 Å². The van der Waals surface area contributed by atoms with Gasteiger partial charge in [-0.2, -0.15) is 13.2 Å². The number of benzene rings is 2. The fourth-order valence-electron chi connectivity index (χ4n) is 3.08. The number of ether oxygens (including phenoxy) is 3. The van der Waals surface area contributed by atoms with Crippen LogP contribution in [-0.2, 0) is 0 Å². The summed E-state index contributed by atoms with van der Waals surface area (Å²) in [4.78, 5) is 23.1. The fourth-order valence-corrected chi connectivity index (χ4v) is 3.08. The van der Waals surface area contributed by atoms with Gasteiger partial charge in [0.15, 0.2) is 0 Å². The molecule has 28 heavy (non-hydrogen) atoms. The standard InChI is InChI=1S/C18H10F3NO6/c1-26-11-3-5-14-9(6-11)7-13-16(23)12-8-10(22(24)25)2-4-15(12)28-17(13,27-14)18(19,20)21/h2-8H,1H3. The van der Waals surface area contributed by atoms with Crippen LogP contribution in [0, 0.1) is 10.1 Å². The number of hydrogen-bond acceptors (Lipinski definition) is 6. The van der Waals surface area contributed by atoms with E-state index in [1.54, 1.807) is 0 Å². The highest BCUT2D eigenvalue weighted by molar-refractivity contribution is 6.16. The first-order chi connectivity index (χ1) is 13.2. The number of nitro benzene ring substituents is 1. The quantitative estimate of drug-likeness (QED) is 0.568. The zero-order valence-electron chi connectivity index (χ0n) is 14.1. The number of non-ortho nitro benzene ring substituents is 1. The van der Waals surface area contributed by atoms with E-state index in [1.165, 1.54) is 25.3 Å². The van der Waals surface area contributed by atoms with Gasteiger partial charge in [-0.05, 0) is 30.3 Å². The van der Waals surface area contributed by atoms with Gasteiger partial charge in [-0.3, -0.25) is 14.9 Å². The van der Waals surface area contributed by atoms with E-state index in [9.17, 15) is 28.1 Å². The van der Waals surface area contributed by atoms with Crippen LogP contribution in [0.2, 0.25) is 0 Å². The van der Waals surface area contributed by atoms with E-state index in [4.69, 9.17) is 14.2 Å². The van der Waals surface area contributed by atoms with Crippen LogP contribution >= 0.6 is 0 Å². The van der Waals surface area contributed by atoms with Gasteiger partial charge >= 0.3 is 12.0 Å². The van der Waals surface area contributed by atoms with Gasteiger partial charge in [0.1, 0.15) is 17.2 Å². The van der Waals surface area contributed by atoms with Crippen molar-refractivity contribution in [3.8, 4) is 17.2 Å². The highest BCUT2D eigenvalue weighted by Gasteiger charge is 2.68. The van der Waals surface area contributed by atoms with Gasteiger partial charge < -0.3 is 14.2 Å². The number of fused-ring (bicyclic) bond motifs is 3. The number of nitro groups is 1. The molecule has 0 saturated carbocycles. The lowest BCUT2D eigenvalue weighted by Gasteiger charge is -2.42. The molecule has 2 heterocycles. The Morgan fingerprint density at radius 1 is 1.11 bits per heavy atom. The zero-order chi connectivity index (χ0) is 20.3. The van der Waals surface area contributed by atoms with Crippen molar-refractivity contribution >= 4 is 17.5 Å². The predicted molar refractivity (Wildman–Crippen MR) is 88.4 cm³/mol. The van der Waals surface area contributed by atoms with Crippen LogP contribution in [0.5, 0.6) is 17.2 Å². The molecule has 0 N–H and O–H groups in total. The van der Waals surface area contributed by atoms with Crippen molar-refractivity contribution in [1.82, 2.24) is 0 Å². The molecule has 0 amide bonds. The van der Waals surface area contributed by atoms with Crippen LogP contribution in [0.4, 0.5) is 18.9 Å². The van der Waals surface area contributed by atoms with Crippen molar-refractivity contribution in [2.45, 2.75) is 12.0 Å². The van der Waals surface area contributed by atoms with Crippen LogP contribution in [0.15, 0.2) is 42.0 Å². The van der Waals surface area contributed by atoms with E-state index in [-0.39, 0.29) is 16.9 Å². The third-order valence-electron chi connectivity index (χ3n) is 4.42. The van der Waals surface area contributed by atoms with Gasteiger partial charge in [-0.25, -0.2) is 0 Å². The molecule has 1 atom stereocenters. The second kappa shape index (κ2) is 5.72. The van der Waals surface area contributed by atoms with Crippen LogP contribution in [-0.4, -0.2) is 29.8 Å². The summed E-state index contributed by atoms with van der Waals surface area (Å²) in [6.45, 7) is 0. The maximum atomic E-state index is 14.0. The summed E-state index contributed by atoms with van der Waals surface area (Å²) in [6.07, 6.45) is -4.11. The van der Waals surface area contributed by atoms with Gasteiger partial charge in [0, 0.05) is 17.7 Å². The first kappa shape index (κ1) is 17.8. The number of alkyl halides is 3. The van der Waals surface area contributed by atoms with E-state index in [0.29, 0.717) is 5.75 Å². The average Bonchev–Trinajstić information content (AvgIpc) is 2.65. The molecule has 1 unspecified atom stereocenters. The molecule has 2 aromatic rings. The second-order valence-electron chi connectivity index (χ2n) is 6.05. The first-order valence-electron chi connectivity index (χ1n) is 7.84. The van der Waals surface area contributed by atoms with Crippen molar-refractivity contribution in [2.24, 2.45) is 0 Å².